The summed E-state index contributed by atoms with van der Waals surface area (Å²) in [4.78, 5) is 12.7. The van der Waals surface area contributed by atoms with Crippen LogP contribution in [0.25, 0.3) is 0 Å². The third-order valence-electron chi connectivity index (χ3n) is 3.79. The Morgan fingerprint density at radius 2 is 2.04 bits per heavy atom. The van der Waals surface area contributed by atoms with Crippen molar-refractivity contribution in [3.63, 3.8) is 0 Å². The van der Waals surface area contributed by atoms with Gasteiger partial charge in [0.15, 0.2) is 11.5 Å². The van der Waals surface area contributed by atoms with Gasteiger partial charge in [0.05, 0.1) is 12.1 Å². The molecule has 1 saturated heterocycles. The number of carbonyl (C=O) groups excluding carboxylic acids is 1. The number of carbonyl (C=O) groups is 1. The Hall–Kier alpha value is -2.61. The van der Waals surface area contributed by atoms with Crippen LogP contribution in [0.3, 0.4) is 0 Å². The zero-order valence-corrected chi connectivity index (χ0v) is 12.0. The molecule has 1 aromatic heterocycles. The van der Waals surface area contributed by atoms with Crippen molar-refractivity contribution in [2.24, 2.45) is 5.73 Å². The maximum Gasteiger partial charge on any atom is 0.269 e. The quantitative estimate of drug-likeness (QED) is 0.885. The summed E-state index contributed by atoms with van der Waals surface area (Å²) in [6.45, 7) is 0.200. The first-order chi connectivity index (χ1) is 11.0. The van der Waals surface area contributed by atoms with Gasteiger partial charge in [0.1, 0.15) is 11.6 Å². The zero-order chi connectivity index (χ0) is 16.6. The van der Waals surface area contributed by atoms with Gasteiger partial charge in [-0.3, -0.25) is 4.79 Å². The lowest BCUT2D eigenvalue weighted by atomic mass is 10.0. The number of aliphatic hydroxyl groups is 1. The average Bonchev–Trinajstić information content (AvgIpc) is 2.91. The summed E-state index contributed by atoms with van der Waals surface area (Å²) in [6, 6.07) is 5.53. The van der Waals surface area contributed by atoms with Crippen LogP contribution >= 0.6 is 0 Å². The molecule has 0 bridgehead atoms. The van der Waals surface area contributed by atoms with Crippen LogP contribution in [0.4, 0.5) is 14.6 Å². The number of benzene rings is 1. The van der Waals surface area contributed by atoms with Crippen molar-refractivity contribution in [2.75, 3.05) is 11.4 Å². The van der Waals surface area contributed by atoms with Crippen LogP contribution in [0.2, 0.25) is 0 Å². The highest BCUT2D eigenvalue weighted by molar-refractivity contribution is 5.90. The van der Waals surface area contributed by atoms with Gasteiger partial charge >= 0.3 is 0 Å². The number of primary amides is 1. The monoisotopic (exact) mass is 320 g/mol. The number of hydrogen-bond donors (Lipinski definition) is 2. The van der Waals surface area contributed by atoms with Crippen LogP contribution in [0, 0.1) is 11.6 Å². The molecule has 2 heterocycles. The molecule has 0 aliphatic carbocycles. The molecule has 2 atom stereocenters. The van der Waals surface area contributed by atoms with E-state index >= 15 is 0 Å². The van der Waals surface area contributed by atoms with Gasteiger partial charge in [0, 0.05) is 12.1 Å². The molecule has 1 aliphatic rings. The van der Waals surface area contributed by atoms with Gasteiger partial charge in [-0.25, -0.2) is 8.78 Å². The van der Waals surface area contributed by atoms with Crippen LogP contribution in [0.15, 0.2) is 30.3 Å². The molecule has 3 N–H and O–H groups in total. The molecule has 3 rings (SSSR count). The Morgan fingerprint density at radius 1 is 1.26 bits per heavy atom. The number of halogens is 2. The van der Waals surface area contributed by atoms with Gasteiger partial charge in [-0.1, -0.05) is 0 Å². The number of aliphatic hydroxyl groups excluding tert-OH is 1. The fourth-order valence-electron chi connectivity index (χ4n) is 2.74. The lowest BCUT2D eigenvalue weighted by Crippen LogP contribution is -2.26. The average molecular weight is 320 g/mol. The lowest BCUT2D eigenvalue weighted by molar-refractivity contribution is 0.0994. The molecule has 1 aliphatic heterocycles. The highest BCUT2D eigenvalue weighted by Gasteiger charge is 2.35. The second-order valence-corrected chi connectivity index (χ2v) is 5.36. The first-order valence-corrected chi connectivity index (χ1v) is 6.99. The maximum absolute atomic E-state index is 14.0. The minimum absolute atomic E-state index is 0.00183. The molecule has 0 radical (unpaired) electrons. The summed E-state index contributed by atoms with van der Waals surface area (Å²) < 4.78 is 27.5. The van der Waals surface area contributed by atoms with Crippen molar-refractivity contribution >= 4 is 11.7 Å². The SMILES string of the molecule is NC(=O)c1ccc(N2C[C@H](O)C[C@@H]2c2cc(F)ccc2F)nn1. The number of β-amino-alcohol motifs (C(OH)–C–C–N with tert-alkyl or cyclic N) is 1. The first-order valence-electron chi connectivity index (χ1n) is 6.99. The van der Waals surface area contributed by atoms with E-state index in [9.17, 15) is 18.7 Å². The van der Waals surface area contributed by atoms with Crippen molar-refractivity contribution in [3.8, 4) is 0 Å². The standard InChI is InChI=1S/C15H14F2N4O2/c16-8-1-2-11(17)10(5-8)13-6-9(22)7-21(13)14-4-3-12(15(18)23)19-20-14/h1-5,9,13,22H,6-7H2,(H2,18,23)/t9-,13-/m1/s1. The van der Waals surface area contributed by atoms with E-state index in [1.807, 2.05) is 0 Å². The number of nitrogens with zero attached hydrogens (tertiary/aromatic N) is 3. The Bertz CT molecular complexity index is 739. The van der Waals surface area contributed by atoms with E-state index < -0.39 is 29.7 Å². The van der Waals surface area contributed by atoms with Crippen LogP contribution in [-0.4, -0.2) is 33.9 Å². The molecular weight excluding hydrogens is 306 g/mol. The third-order valence-corrected chi connectivity index (χ3v) is 3.79. The largest absolute Gasteiger partial charge is 0.391 e. The second kappa shape index (κ2) is 5.88. The topological polar surface area (TPSA) is 92.3 Å². The highest BCUT2D eigenvalue weighted by Crippen LogP contribution is 2.36. The summed E-state index contributed by atoms with van der Waals surface area (Å²) >= 11 is 0. The lowest BCUT2D eigenvalue weighted by Gasteiger charge is -2.25. The van der Waals surface area contributed by atoms with Crippen LogP contribution < -0.4 is 10.6 Å². The maximum atomic E-state index is 14.0. The van der Waals surface area contributed by atoms with Gasteiger partial charge in [-0.15, -0.1) is 10.2 Å². The van der Waals surface area contributed by atoms with Gasteiger partial charge in [0.25, 0.3) is 5.91 Å². The van der Waals surface area contributed by atoms with Crippen LogP contribution in [0.5, 0.6) is 0 Å². The van der Waals surface area contributed by atoms with E-state index in [4.69, 9.17) is 5.73 Å². The molecule has 8 heteroatoms. The fraction of sp³-hybridized carbons (Fsp3) is 0.267. The Labute approximate surface area is 130 Å². The number of anilines is 1. The summed E-state index contributed by atoms with van der Waals surface area (Å²) in [6.07, 6.45) is -0.472. The highest BCUT2D eigenvalue weighted by atomic mass is 19.1. The zero-order valence-electron chi connectivity index (χ0n) is 12.0. The Morgan fingerprint density at radius 3 is 2.70 bits per heavy atom. The smallest absolute Gasteiger partial charge is 0.269 e. The summed E-state index contributed by atoms with van der Waals surface area (Å²) in [5.74, 6) is -1.48. The number of aromatic nitrogens is 2. The van der Waals surface area contributed by atoms with Gasteiger partial charge in [-0.2, -0.15) is 0 Å². The third kappa shape index (κ3) is 2.98. The molecular formula is C15H14F2N4O2. The summed E-state index contributed by atoms with van der Waals surface area (Å²) in [7, 11) is 0. The number of amides is 1. The van der Waals surface area contributed by atoms with Crippen molar-refractivity contribution < 1.29 is 18.7 Å². The van der Waals surface area contributed by atoms with E-state index in [1.54, 1.807) is 4.90 Å². The predicted octanol–water partition coefficient (Wildman–Crippen LogP) is 1.17. The molecule has 6 nitrogen and oxygen atoms in total. The van der Waals surface area contributed by atoms with Gasteiger partial charge in [0.2, 0.25) is 0 Å². The van der Waals surface area contributed by atoms with Crippen molar-refractivity contribution in [3.05, 3.63) is 53.2 Å². The van der Waals surface area contributed by atoms with E-state index in [0.29, 0.717) is 5.82 Å². The van der Waals surface area contributed by atoms with Gasteiger partial charge < -0.3 is 15.7 Å². The first kappa shape index (κ1) is 15.3. The van der Waals surface area contributed by atoms with Gasteiger partial charge in [-0.05, 0) is 36.8 Å². The second-order valence-electron chi connectivity index (χ2n) is 5.36. The molecule has 1 aromatic carbocycles. The minimum Gasteiger partial charge on any atom is -0.391 e. The van der Waals surface area contributed by atoms with Crippen LogP contribution in [0.1, 0.15) is 28.5 Å². The number of rotatable bonds is 3. The fourth-order valence-corrected chi connectivity index (χ4v) is 2.74. The van der Waals surface area contributed by atoms with Crippen molar-refractivity contribution in [1.29, 1.82) is 0 Å². The molecule has 120 valence electrons. The molecule has 0 saturated carbocycles. The number of hydrogen-bond acceptors (Lipinski definition) is 5. The molecule has 0 unspecified atom stereocenters. The van der Waals surface area contributed by atoms with E-state index in [1.165, 1.54) is 12.1 Å². The summed E-state index contributed by atoms with van der Waals surface area (Å²) in [5.41, 5.74) is 5.25. The van der Waals surface area contributed by atoms with Crippen molar-refractivity contribution in [2.45, 2.75) is 18.6 Å². The molecule has 23 heavy (non-hydrogen) atoms. The van der Waals surface area contributed by atoms with Crippen LogP contribution in [-0.2, 0) is 0 Å². The molecule has 1 fully saturated rings. The van der Waals surface area contributed by atoms with E-state index in [-0.39, 0.29) is 24.2 Å². The molecule has 1 amide bonds. The normalized spacial score (nSPS) is 20.7. The summed E-state index contributed by atoms with van der Waals surface area (Å²) in [5, 5.41) is 17.5. The predicted molar refractivity (Wildman–Crippen MR) is 77.6 cm³/mol. The Kier molecular flexibility index (Phi) is 3.91. The Balaban J connectivity index is 1.96. The number of nitrogens with two attached hydrogens (primary N) is 1. The molecule has 2 aromatic rings. The van der Waals surface area contributed by atoms with E-state index in [0.717, 1.165) is 18.2 Å². The minimum atomic E-state index is -0.710. The van der Waals surface area contributed by atoms with E-state index in [2.05, 4.69) is 10.2 Å². The van der Waals surface area contributed by atoms with Crippen molar-refractivity contribution in [1.82, 2.24) is 10.2 Å². The molecule has 0 spiro atoms.